The Bertz CT molecular complexity index is 2190. The van der Waals surface area contributed by atoms with E-state index >= 15 is 0 Å². The van der Waals surface area contributed by atoms with Crippen LogP contribution in [0, 0.1) is 19.7 Å². The zero-order chi connectivity index (χ0) is 31.2. The number of halogens is 2. The number of rotatable bonds is 6. The molecule has 0 saturated heterocycles. The molecule has 6 nitrogen and oxygen atoms in total. The second-order valence-corrected chi connectivity index (χ2v) is 12.6. The molecule has 2 heterocycles. The van der Waals surface area contributed by atoms with Crippen molar-refractivity contribution in [2.24, 2.45) is 0 Å². The van der Waals surface area contributed by atoms with Gasteiger partial charge < -0.3 is 4.74 Å². The second kappa shape index (κ2) is 11.4. The van der Waals surface area contributed by atoms with Crippen LogP contribution in [0.4, 0.5) is 4.39 Å². The normalized spacial score (nSPS) is 11.6. The third kappa shape index (κ3) is 5.06. The van der Waals surface area contributed by atoms with Gasteiger partial charge in [-0.15, -0.1) is 0 Å². The first-order valence-electron chi connectivity index (χ1n) is 13.7. The van der Waals surface area contributed by atoms with Gasteiger partial charge in [-0.3, -0.25) is 4.98 Å². The Kier molecular flexibility index (Phi) is 7.57. The summed E-state index contributed by atoms with van der Waals surface area (Å²) in [7, 11) is -2.89. The smallest absolute Gasteiger partial charge is 0.337 e. The van der Waals surface area contributed by atoms with Gasteiger partial charge in [0.1, 0.15) is 5.82 Å². The van der Waals surface area contributed by atoms with Crippen molar-refractivity contribution in [3.05, 3.63) is 131 Å². The van der Waals surface area contributed by atoms with Gasteiger partial charge in [-0.05, 0) is 79.6 Å². The molecule has 0 aliphatic rings. The van der Waals surface area contributed by atoms with Gasteiger partial charge in [0, 0.05) is 33.3 Å². The molecule has 0 unspecified atom stereocenters. The topological polar surface area (TPSA) is 78.3 Å². The van der Waals surface area contributed by atoms with Gasteiger partial charge in [0.15, 0.2) is 0 Å². The second-order valence-electron chi connectivity index (χ2n) is 10.4. The molecule has 0 fully saturated rings. The number of methoxy groups -OCH3 is 1. The minimum atomic E-state index is -4.19. The number of aryl methyl sites for hydroxylation is 2. The number of pyridine rings is 1. The number of aromatic nitrogens is 2. The van der Waals surface area contributed by atoms with Gasteiger partial charge >= 0.3 is 5.97 Å². The number of esters is 1. The Morgan fingerprint density at radius 3 is 2.34 bits per heavy atom. The lowest BCUT2D eigenvalue weighted by Gasteiger charge is -2.16. The van der Waals surface area contributed by atoms with Crippen molar-refractivity contribution in [2.45, 2.75) is 18.7 Å². The molecule has 6 rings (SSSR count). The van der Waals surface area contributed by atoms with E-state index in [0.717, 1.165) is 11.1 Å². The fraction of sp³-hybridized carbons (Fsp3) is 0.0857. The standard InChI is InChI=1S/C35H26ClFN2O4S/c1-21-9-13-27(14-10-21)44(41,42)39-31-16-12-26(37)20-29(31)32(33-22(2)6-5-17-38-33)34(39)24-8-4-7-23(18-24)28-15-11-25(19-30(28)36)35(40)43-3/h4-20H,1-3H3. The van der Waals surface area contributed by atoms with E-state index in [-0.39, 0.29) is 4.90 Å². The lowest BCUT2D eigenvalue weighted by Crippen LogP contribution is -2.14. The summed E-state index contributed by atoms with van der Waals surface area (Å²) in [6, 6.07) is 26.5. The van der Waals surface area contributed by atoms with Crippen LogP contribution >= 0.6 is 11.6 Å². The van der Waals surface area contributed by atoms with E-state index in [2.05, 4.69) is 4.98 Å². The fourth-order valence-corrected chi connectivity index (χ4v) is 7.21. The minimum Gasteiger partial charge on any atom is -0.465 e. The number of ether oxygens (including phenoxy) is 1. The van der Waals surface area contributed by atoms with Crippen molar-refractivity contribution in [1.82, 2.24) is 8.96 Å². The van der Waals surface area contributed by atoms with Crippen molar-refractivity contribution < 1.29 is 22.3 Å². The molecule has 0 saturated carbocycles. The molecule has 220 valence electrons. The average Bonchev–Trinajstić information content (AvgIpc) is 3.36. The molecule has 0 amide bonds. The summed E-state index contributed by atoms with van der Waals surface area (Å²) in [5, 5.41) is 0.726. The summed E-state index contributed by atoms with van der Waals surface area (Å²) < 4.78 is 49.9. The minimum absolute atomic E-state index is 0.0902. The van der Waals surface area contributed by atoms with Crippen molar-refractivity contribution in [3.8, 4) is 33.6 Å². The highest BCUT2D eigenvalue weighted by molar-refractivity contribution is 7.90. The molecule has 0 spiro atoms. The molecular weight excluding hydrogens is 599 g/mol. The van der Waals surface area contributed by atoms with Crippen LogP contribution < -0.4 is 0 Å². The Labute approximate surface area is 259 Å². The molecule has 44 heavy (non-hydrogen) atoms. The van der Waals surface area contributed by atoms with Crippen molar-refractivity contribution >= 4 is 38.5 Å². The number of hydrogen-bond acceptors (Lipinski definition) is 5. The lowest BCUT2D eigenvalue weighted by molar-refractivity contribution is 0.0600. The van der Waals surface area contributed by atoms with E-state index in [1.165, 1.54) is 35.3 Å². The molecule has 0 radical (unpaired) electrons. The van der Waals surface area contributed by atoms with E-state index in [0.29, 0.717) is 55.1 Å². The van der Waals surface area contributed by atoms with Gasteiger partial charge in [0.25, 0.3) is 10.0 Å². The van der Waals surface area contributed by atoms with E-state index in [9.17, 15) is 17.6 Å². The quantitative estimate of drug-likeness (QED) is 0.174. The van der Waals surface area contributed by atoms with Crippen LogP contribution in [0.15, 0.2) is 108 Å². The SMILES string of the molecule is COC(=O)c1ccc(-c2cccc(-c3c(-c4ncccc4C)c4cc(F)ccc4n3S(=O)(=O)c3ccc(C)cc3)c2)c(Cl)c1. The summed E-state index contributed by atoms with van der Waals surface area (Å²) in [5.41, 5.74) is 5.53. The first-order chi connectivity index (χ1) is 21.1. The van der Waals surface area contributed by atoms with Crippen LogP contribution in [-0.2, 0) is 14.8 Å². The summed E-state index contributed by atoms with van der Waals surface area (Å²) in [6.45, 7) is 3.76. The first-order valence-corrected chi connectivity index (χ1v) is 15.5. The summed E-state index contributed by atoms with van der Waals surface area (Å²) in [5.74, 6) is -1.02. The van der Waals surface area contributed by atoms with Crippen LogP contribution in [0.5, 0.6) is 0 Å². The predicted molar refractivity (Wildman–Crippen MR) is 171 cm³/mol. The van der Waals surface area contributed by atoms with Crippen LogP contribution in [0.25, 0.3) is 44.5 Å². The Hall–Kier alpha value is -4.79. The highest BCUT2D eigenvalue weighted by atomic mass is 35.5. The van der Waals surface area contributed by atoms with Gasteiger partial charge in [-0.25, -0.2) is 21.6 Å². The largest absolute Gasteiger partial charge is 0.465 e. The lowest BCUT2D eigenvalue weighted by atomic mass is 9.96. The number of carbonyl (C=O) groups excluding carboxylic acids is 1. The Balaban J connectivity index is 1.70. The molecule has 2 aromatic heterocycles. The van der Waals surface area contributed by atoms with E-state index < -0.39 is 21.8 Å². The first kappa shape index (κ1) is 29.3. The van der Waals surface area contributed by atoms with E-state index in [4.69, 9.17) is 16.3 Å². The van der Waals surface area contributed by atoms with Crippen LogP contribution in [0.3, 0.4) is 0 Å². The van der Waals surface area contributed by atoms with Crippen LogP contribution in [-0.4, -0.2) is 30.5 Å². The van der Waals surface area contributed by atoms with E-state index in [1.807, 2.05) is 32.0 Å². The zero-order valence-electron chi connectivity index (χ0n) is 24.0. The third-order valence-electron chi connectivity index (χ3n) is 7.53. The predicted octanol–water partition coefficient (Wildman–Crippen LogP) is 8.47. The maximum Gasteiger partial charge on any atom is 0.337 e. The molecule has 0 bridgehead atoms. The average molecular weight is 625 g/mol. The molecule has 0 aliphatic carbocycles. The fourth-order valence-electron chi connectivity index (χ4n) is 5.38. The molecule has 4 aromatic carbocycles. The van der Waals surface area contributed by atoms with Gasteiger partial charge in [-0.1, -0.05) is 59.6 Å². The molecule has 9 heteroatoms. The monoisotopic (exact) mass is 624 g/mol. The third-order valence-corrected chi connectivity index (χ3v) is 9.57. The number of carbonyl (C=O) groups is 1. The molecular formula is C35H26ClFN2O4S. The molecule has 0 N–H and O–H groups in total. The molecule has 0 atom stereocenters. The highest BCUT2D eigenvalue weighted by Gasteiger charge is 2.30. The zero-order valence-corrected chi connectivity index (χ0v) is 25.6. The maximum absolute atomic E-state index is 14.9. The summed E-state index contributed by atoms with van der Waals surface area (Å²) in [6.07, 6.45) is 1.63. The Morgan fingerprint density at radius 1 is 0.886 bits per heavy atom. The van der Waals surface area contributed by atoms with Crippen LogP contribution in [0.1, 0.15) is 21.5 Å². The number of nitrogens with zero attached hydrogens (tertiary/aromatic N) is 2. The Morgan fingerprint density at radius 2 is 1.64 bits per heavy atom. The van der Waals surface area contributed by atoms with Gasteiger partial charge in [0.2, 0.25) is 0 Å². The maximum atomic E-state index is 14.9. The van der Waals surface area contributed by atoms with Gasteiger partial charge in [-0.2, -0.15) is 0 Å². The number of benzene rings is 4. The molecule has 0 aliphatic heterocycles. The number of hydrogen-bond donors (Lipinski definition) is 0. The van der Waals surface area contributed by atoms with E-state index in [1.54, 1.807) is 60.8 Å². The summed E-state index contributed by atoms with van der Waals surface area (Å²) >= 11 is 6.63. The van der Waals surface area contributed by atoms with Crippen LogP contribution in [0.2, 0.25) is 5.02 Å². The highest BCUT2D eigenvalue weighted by Crippen LogP contribution is 2.44. The molecule has 6 aromatic rings. The van der Waals surface area contributed by atoms with Crippen molar-refractivity contribution in [1.29, 1.82) is 0 Å². The van der Waals surface area contributed by atoms with Gasteiger partial charge in [0.05, 0.1) is 34.5 Å². The van der Waals surface area contributed by atoms with Crippen molar-refractivity contribution in [3.63, 3.8) is 0 Å². The summed E-state index contributed by atoms with van der Waals surface area (Å²) in [4.78, 5) is 16.8. The number of fused-ring (bicyclic) bond motifs is 1. The van der Waals surface area contributed by atoms with Crippen molar-refractivity contribution in [2.75, 3.05) is 7.11 Å².